The van der Waals surface area contributed by atoms with Crippen molar-refractivity contribution in [2.24, 2.45) is 0 Å². The van der Waals surface area contributed by atoms with Crippen LogP contribution in [0.25, 0.3) is 0 Å². The van der Waals surface area contributed by atoms with E-state index < -0.39 is 11.3 Å². The molecule has 0 aliphatic carbocycles. The summed E-state index contributed by atoms with van der Waals surface area (Å²) in [5, 5.41) is 14.9. The molecule has 1 N–H and O–H groups in total. The summed E-state index contributed by atoms with van der Waals surface area (Å²) in [7, 11) is 0. The van der Waals surface area contributed by atoms with Crippen LogP contribution in [0.1, 0.15) is 33.1 Å². The number of benzene rings is 1. The fourth-order valence-corrected chi connectivity index (χ4v) is 5.55. The van der Waals surface area contributed by atoms with Crippen LogP contribution in [0.15, 0.2) is 24.3 Å². The molecule has 8 heteroatoms. The minimum atomic E-state index is -2.51. The number of ether oxygens (including phenoxy) is 1. The third-order valence-corrected chi connectivity index (χ3v) is 6.78. The predicted molar refractivity (Wildman–Crippen MR) is 90.0 cm³/mol. The number of hydrogen-bond donors (Lipinski definition) is 1. The molecule has 1 heterocycles. The van der Waals surface area contributed by atoms with E-state index in [-0.39, 0.29) is 18.0 Å². The van der Waals surface area contributed by atoms with Crippen LogP contribution in [-0.4, -0.2) is 23.9 Å². The van der Waals surface area contributed by atoms with Gasteiger partial charge in [0.05, 0.1) is 11.0 Å². The van der Waals surface area contributed by atoms with E-state index >= 15 is 0 Å². The van der Waals surface area contributed by atoms with Gasteiger partial charge < -0.3 is 9.26 Å². The summed E-state index contributed by atoms with van der Waals surface area (Å²) < 4.78 is 11.7. The van der Waals surface area contributed by atoms with Crippen LogP contribution < -0.4 is 10.4 Å². The molecule has 1 aromatic carbocycles. The maximum atomic E-state index is 10.8. The maximum absolute atomic E-state index is 10.8. The van der Waals surface area contributed by atoms with Crippen molar-refractivity contribution in [3.05, 3.63) is 34.4 Å². The number of nitro groups is 1. The lowest BCUT2D eigenvalue weighted by Gasteiger charge is -2.32. The van der Waals surface area contributed by atoms with Crippen LogP contribution in [-0.2, 0) is 21.1 Å². The molecule has 2 rings (SSSR count). The molecule has 0 saturated carbocycles. The van der Waals surface area contributed by atoms with E-state index in [0.29, 0.717) is 0 Å². The molecular weight excluding hydrogens is 323 g/mol. The molecule has 1 aliphatic rings. The molecule has 22 heavy (non-hydrogen) atoms. The molecule has 2 atom stereocenters. The molecule has 0 amide bonds. The van der Waals surface area contributed by atoms with Gasteiger partial charge in [-0.1, -0.05) is 0 Å². The monoisotopic (exact) mass is 344 g/mol. The van der Waals surface area contributed by atoms with Crippen molar-refractivity contribution >= 4 is 29.2 Å². The Morgan fingerprint density at radius 1 is 1.41 bits per heavy atom. The Morgan fingerprint density at radius 2 is 2.09 bits per heavy atom. The molecular formula is C14H21N2O4PS. The standard InChI is InChI=1S/C14H21N2O4PS/c1-11(2)20-21(22,15-14-5-3-4-10-19-14)13-8-6-12(7-9-13)16(17)18/h6-9,11,14H,3-5,10H2,1-2H3,(H,15,22). The van der Waals surface area contributed by atoms with Crippen LogP contribution in [0, 0.1) is 10.1 Å². The van der Waals surface area contributed by atoms with Gasteiger partial charge in [-0.15, -0.1) is 0 Å². The molecule has 1 aromatic rings. The van der Waals surface area contributed by atoms with Crippen LogP contribution in [0.4, 0.5) is 5.69 Å². The third kappa shape index (κ3) is 4.57. The highest BCUT2D eigenvalue weighted by Gasteiger charge is 2.28. The third-order valence-electron chi connectivity index (χ3n) is 3.25. The molecule has 0 spiro atoms. The van der Waals surface area contributed by atoms with Gasteiger partial charge in [-0.2, -0.15) is 0 Å². The molecule has 0 bridgehead atoms. The minimum Gasteiger partial charge on any atom is -0.363 e. The average molecular weight is 344 g/mol. The number of rotatable bonds is 6. The smallest absolute Gasteiger partial charge is 0.269 e. The second-order valence-electron chi connectivity index (χ2n) is 5.46. The maximum Gasteiger partial charge on any atom is 0.269 e. The van der Waals surface area contributed by atoms with Gasteiger partial charge in [0.2, 0.25) is 0 Å². The van der Waals surface area contributed by atoms with Crippen molar-refractivity contribution in [2.75, 3.05) is 6.61 Å². The minimum absolute atomic E-state index is 0.0443. The first-order chi connectivity index (χ1) is 10.4. The van der Waals surface area contributed by atoms with Gasteiger partial charge in [-0.25, -0.2) is 5.09 Å². The Balaban J connectivity index is 2.23. The van der Waals surface area contributed by atoms with Gasteiger partial charge in [0.25, 0.3) is 5.69 Å². The number of nitrogens with zero attached hydrogens (tertiary/aromatic N) is 1. The Bertz CT molecular complexity index is 558. The van der Waals surface area contributed by atoms with Crippen LogP contribution in [0.5, 0.6) is 0 Å². The van der Waals surface area contributed by atoms with Crippen molar-refractivity contribution in [3.8, 4) is 0 Å². The SMILES string of the molecule is CC(C)OP(=S)(NC1CCCCO1)c1ccc([N+](=O)[O-])cc1. The fourth-order valence-electron chi connectivity index (χ4n) is 2.27. The second kappa shape index (κ2) is 7.62. The van der Waals surface area contributed by atoms with E-state index in [4.69, 9.17) is 21.1 Å². The Morgan fingerprint density at radius 3 is 2.59 bits per heavy atom. The van der Waals surface area contributed by atoms with Gasteiger partial charge in [-0.05, 0) is 57.0 Å². The topological polar surface area (TPSA) is 73.6 Å². The van der Waals surface area contributed by atoms with Crippen molar-refractivity contribution in [1.82, 2.24) is 5.09 Å². The van der Waals surface area contributed by atoms with E-state index in [2.05, 4.69) is 5.09 Å². The first-order valence-corrected chi connectivity index (χ1v) is 10.1. The van der Waals surface area contributed by atoms with Crippen LogP contribution in [0.2, 0.25) is 0 Å². The number of non-ortho nitro benzene ring substituents is 1. The molecule has 0 aromatic heterocycles. The zero-order chi connectivity index (χ0) is 16.2. The van der Waals surface area contributed by atoms with E-state index in [1.807, 2.05) is 13.8 Å². The Labute approximate surface area is 135 Å². The van der Waals surface area contributed by atoms with E-state index in [1.54, 1.807) is 12.1 Å². The van der Waals surface area contributed by atoms with Gasteiger partial charge >= 0.3 is 0 Å². The quantitative estimate of drug-likeness (QED) is 0.486. The van der Waals surface area contributed by atoms with Crippen LogP contribution in [0.3, 0.4) is 0 Å². The lowest BCUT2D eigenvalue weighted by atomic mass is 10.2. The zero-order valence-corrected chi connectivity index (χ0v) is 14.4. The molecule has 122 valence electrons. The molecule has 1 saturated heterocycles. The Kier molecular flexibility index (Phi) is 6.06. The average Bonchev–Trinajstić information content (AvgIpc) is 2.47. The van der Waals surface area contributed by atoms with Crippen molar-refractivity contribution in [1.29, 1.82) is 0 Å². The van der Waals surface area contributed by atoms with Gasteiger partial charge in [0.1, 0.15) is 6.23 Å². The lowest BCUT2D eigenvalue weighted by molar-refractivity contribution is -0.384. The summed E-state index contributed by atoms with van der Waals surface area (Å²) in [4.78, 5) is 10.4. The summed E-state index contributed by atoms with van der Waals surface area (Å²) in [5.41, 5.74) is 0.0452. The summed E-state index contributed by atoms with van der Waals surface area (Å²) >= 11 is 5.76. The van der Waals surface area contributed by atoms with E-state index in [9.17, 15) is 10.1 Å². The summed E-state index contributed by atoms with van der Waals surface area (Å²) in [6, 6.07) is 6.28. The largest absolute Gasteiger partial charge is 0.363 e. The molecule has 2 unspecified atom stereocenters. The second-order valence-corrected chi connectivity index (χ2v) is 9.09. The van der Waals surface area contributed by atoms with Crippen molar-refractivity contribution in [2.45, 2.75) is 45.4 Å². The van der Waals surface area contributed by atoms with Crippen molar-refractivity contribution in [3.63, 3.8) is 0 Å². The number of nitrogens with one attached hydrogen (secondary N) is 1. The molecule has 6 nitrogen and oxygen atoms in total. The van der Waals surface area contributed by atoms with Gasteiger partial charge in [0, 0.05) is 24.0 Å². The van der Waals surface area contributed by atoms with Crippen LogP contribution >= 0.6 is 6.42 Å². The molecule has 1 aliphatic heterocycles. The highest BCUT2D eigenvalue weighted by molar-refractivity contribution is 8.14. The first-order valence-electron chi connectivity index (χ1n) is 7.33. The van der Waals surface area contributed by atoms with E-state index in [1.165, 1.54) is 12.1 Å². The number of hydrogen-bond acceptors (Lipinski definition) is 5. The highest BCUT2D eigenvalue weighted by atomic mass is 32.4. The zero-order valence-electron chi connectivity index (χ0n) is 12.7. The summed E-state index contributed by atoms with van der Waals surface area (Å²) in [6.07, 6.45) is 0.375. The summed E-state index contributed by atoms with van der Waals surface area (Å²) in [6.45, 7) is 4.57. The molecule has 0 radical (unpaired) electrons. The molecule has 1 fully saturated rings. The number of nitro benzene ring substituents is 1. The van der Waals surface area contributed by atoms with E-state index in [0.717, 1.165) is 31.2 Å². The van der Waals surface area contributed by atoms with Crippen molar-refractivity contribution < 1.29 is 14.2 Å². The lowest BCUT2D eigenvalue weighted by Crippen LogP contribution is -2.36. The van der Waals surface area contributed by atoms with Gasteiger partial charge in [-0.3, -0.25) is 10.1 Å². The normalized spacial score (nSPS) is 21.5. The first kappa shape index (κ1) is 17.5. The highest BCUT2D eigenvalue weighted by Crippen LogP contribution is 2.44. The summed E-state index contributed by atoms with van der Waals surface area (Å²) in [5.74, 6) is 0. The van der Waals surface area contributed by atoms with Gasteiger partial charge in [0.15, 0.2) is 6.42 Å². The fraction of sp³-hybridized carbons (Fsp3) is 0.571. The Hall–Kier alpha value is -0.850. The predicted octanol–water partition coefficient (Wildman–Crippen LogP) is 3.07.